The predicted octanol–water partition coefficient (Wildman–Crippen LogP) is 4.26. The Morgan fingerprint density at radius 2 is 1.68 bits per heavy atom. The molecule has 0 amide bonds. The van der Waals surface area contributed by atoms with Crippen LogP contribution in [0.4, 0.5) is 0 Å². The molecule has 1 aliphatic heterocycles. The van der Waals surface area contributed by atoms with E-state index in [-0.39, 0.29) is 17.0 Å². The zero-order valence-electron chi connectivity index (χ0n) is 12.7. The van der Waals surface area contributed by atoms with Gasteiger partial charge in [-0.25, -0.2) is 4.57 Å². The predicted molar refractivity (Wildman–Crippen MR) is 94.8 cm³/mol. The molecule has 2 nitrogen and oxygen atoms in total. The maximum atomic E-state index is 2.41. The first-order chi connectivity index (χ1) is 10.3. The molecule has 2 aromatic carbocycles. The fraction of sp³-hybridized carbons (Fsp3) is 0.211. The average Bonchev–Trinajstić information content (AvgIpc) is 3.09. The molecular formula is C19H20BrN2+. The fourth-order valence-corrected chi connectivity index (χ4v) is 3.20. The van der Waals surface area contributed by atoms with E-state index in [1.54, 1.807) is 0 Å². The van der Waals surface area contributed by atoms with Gasteiger partial charge in [0.2, 0.25) is 0 Å². The SMILES string of the molecule is Br.Cc1ccc(-c2c[n+]3c(n2-c2ccccc2)CCC3)cc1. The number of nitrogens with zero attached hydrogens (tertiary/aromatic N) is 2. The maximum Gasteiger partial charge on any atom is 0.262 e. The molecule has 0 fully saturated rings. The molecule has 4 rings (SSSR count). The van der Waals surface area contributed by atoms with Crippen LogP contribution in [0.5, 0.6) is 0 Å². The number of para-hydroxylation sites is 1. The van der Waals surface area contributed by atoms with Gasteiger partial charge in [-0.2, -0.15) is 4.57 Å². The topological polar surface area (TPSA) is 8.81 Å². The van der Waals surface area contributed by atoms with Crippen LogP contribution in [0.2, 0.25) is 0 Å². The van der Waals surface area contributed by atoms with Crippen LogP contribution in [-0.4, -0.2) is 4.57 Å². The second-order valence-corrected chi connectivity index (χ2v) is 5.76. The van der Waals surface area contributed by atoms with Crippen LogP contribution in [0.25, 0.3) is 16.9 Å². The summed E-state index contributed by atoms with van der Waals surface area (Å²) in [7, 11) is 0. The molecule has 0 spiro atoms. The number of hydrogen-bond donors (Lipinski definition) is 0. The monoisotopic (exact) mass is 355 g/mol. The van der Waals surface area contributed by atoms with Gasteiger partial charge in [-0.15, -0.1) is 17.0 Å². The lowest BCUT2D eigenvalue weighted by Gasteiger charge is -2.04. The summed E-state index contributed by atoms with van der Waals surface area (Å²) in [6, 6.07) is 19.5. The number of aryl methyl sites for hydroxylation is 2. The highest BCUT2D eigenvalue weighted by Crippen LogP contribution is 2.26. The third-order valence-electron chi connectivity index (χ3n) is 4.27. The van der Waals surface area contributed by atoms with E-state index in [0.29, 0.717) is 0 Å². The molecule has 0 aliphatic carbocycles. The molecule has 0 radical (unpaired) electrons. The molecule has 0 saturated carbocycles. The summed E-state index contributed by atoms with van der Waals surface area (Å²) in [5, 5.41) is 0. The van der Waals surface area contributed by atoms with Gasteiger partial charge >= 0.3 is 0 Å². The van der Waals surface area contributed by atoms with Crippen molar-refractivity contribution in [3.63, 3.8) is 0 Å². The van der Waals surface area contributed by atoms with Crippen molar-refractivity contribution < 1.29 is 4.57 Å². The minimum absolute atomic E-state index is 0. The summed E-state index contributed by atoms with van der Waals surface area (Å²) in [5.74, 6) is 1.41. The highest BCUT2D eigenvalue weighted by atomic mass is 79.9. The van der Waals surface area contributed by atoms with Crippen molar-refractivity contribution in [2.75, 3.05) is 0 Å². The number of fused-ring (bicyclic) bond motifs is 1. The highest BCUT2D eigenvalue weighted by molar-refractivity contribution is 8.93. The molecule has 22 heavy (non-hydrogen) atoms. The summed E-state index contributed by atoms with van der Waals surface area (Å²) in [6.07, 6.45) is 4.71. The van der Waals surface area contributed by atoms with Crippen molar-refractivity contribution >= 4 is 17.0 Å². The zero-order chi connectivity index (χ0) is 14.2. The number of imidazole rings is 1. The summed E-state index contributed by atoms with van der Waals surface area (Å²) < 4.78 is 4.82. The van der Waals surface area contributed by atoms with E-state index in [1.165, 1.54) is 34.8 Å². The minimum atomic E-state index is 0. The summed E-state index contributed by atoms with van der Waals surface area (Å²) in [4.78, 5) is 0. The second kappa shape index (κ2) is 6.09. The zero-order valence-corrected chi connectivity index (χ0v) is 14.4. The summed E-state index contributed by atoms with van der Waals surface area (Å²) in [6.45, 7) is 3.27. The molecule has 3 heteroatoms. The molecule has 3 aromatic rings. The summed E-state index contributed by atoms with van der Waals surface area (Å²) in [5.41, 5.74) is 5.13. The van der Waals surface area contributed by atoms with Crippen molar-refractivity contribution in [3.05, 3.63) is 72.2 Å². The first-order valence-electron chi connectivity index (χ1n) is 7.59. The van der Waals surface area contributed by atoms with Crippen molar-refractivity contribution in [3.8, 4) is 16.9 Å². The van der Waals surface area contributed by atoms with Crippen molar-refractivity contribution in [2.24, 2.45) is 0 Å². The van der Waals surface area contributed by atoms with Gasteiger partial charge in [0.1, 0.15) is 11.9 Å². The molecule has 112 valence electrons. The van der Waals surface area contributed by atoms with Gasteiger partial charge in [0.25, 0.3) is 5.82 Å². The quantitative estimate of drug-likeness (QED) is 0.607. The third kappa shape index (κ3) is 2.50. The third-order valence-corrected chi connectivity index (χ3v) is 4.27. The Balaban J connectivity index is 0.00000144. The van der Waals surface area contributed by atoms with E-state index in [9.17, 15) is 0 Å². The van der Waals surface area contributed by atoms with Gasteiger partial charge in [0.15, 0.2) is 5.69 Å². The van der Waals surface area contributed by atoms with Crippen LogP contribution in [-0.2, 0) is 13.0 Å². The Hall–Kier alpha value is -1.87. The number of halogens is 1. The Labute approximate surface area is 141 Å². The van der Waals surface area contributed by atoms with Gasteiger partial charge in [-0.05, 0) is 25.5 Å². The standard InChI is InChI=1S/C19H19N2.BrH/c1-15-9-11-16(12-10-15)18-14-20-13-5-8-19(20)21(18)17-6-3-2-4-7-17;/h2-4,6-7,9-12,14H,5,8,13H2,1H3;1H/q+1;. The van der Waals surface area contributed by atoms with Crippen molar-refractivity contribution in [1.82, 2.24) is 4.57 Å². The van der Waals surface area contributed by atoms with E-state index in [2.05, 4.69) is 76.9 Å². The molecule has 1 aliphatic rings. The number of hydrogen-bond acceptors (Lipinski definition) is 0. The first kappa shape index (κ1) is 15.0. The Morgan fingerprint density at radius 3 is 2.41 bits per heavy atom. The Kier molecular flexibility index (Phi) is 4.16. The maximum absolute atomic E-state index is 2.41. The van der Waals surface area contributed by atoms with Gasteiger partial charge in [0, 0.05) is 5.56 Å². The van der Waals surface area contributed by atoms with E-state index in [4.69, 9.17) is 0 Å². The smallest absolute Gasteiger partial charge is 0.233 e. The van der Waals surface area contributed by atoms with Gasteiger partial charge in [0.05, 0.1) is 13.0 Å². The largest absolute Gasteiger partial charge is 0.262 e. The van der Waals surface area contributed by atoms with Crippen LogP contribution in [0.1, 0.15) is 17.8 Å². The average molecular weight is 356 g/mol. The van der Waals surface area contributed by atoms with Gasteiger partial charge in [-0.1, -0.05) is 48.0 Å². The number of benzene rings is 2. The van der Waals surface area contributed by atoms with E-state index in [1.807, 2.05) is 0 Å². The van der Waals surface area contributed by atoms with Crippen molar-refractivity contribution in [1.29, 1.82) is 0 Å². The van der Waals surface area contributed by atoms with E-state index < -0.39 is 0 Å². The molecular weight excluding hydrogens is 336 g/mol. The lowest BCUT2D eigenvalue weighted by molar-refractivity contribution is -0.689. The van der Waals surface area contributed by atoms with E-state index >= 15 is 0 Å². The molecule has 0 atom stereocenters. The van der Waals surface area contributed by atoms with Crippen LogP contribution in [0.15, 0.2) is 60.8 Å². The molecule has 0 saturated heterocycles. The Morgan fingerprint density at radius 1 is 0.955 bits per heavy atom. The summed E-state index contributed by atoms with van der Waals surface area (Å²) >= 11 is 0. The molecule has 0 unspecified atom stereocenters. The molecule has 0 N–H and O–H groups in total. The van der Waals surface area contributed by atoms with Gasteiger partial charge in [-0.3, -0.25) is 0 Å². The lowest BCUT2D eigenvalue weighted by atomic mass is 10.1. The lowest BCUT2D eigenvalue weighted by Crippen LogP contribution is -2.30. The van der Waals surface area contributed by atoms with Crippen LogP contribution < -0.4 is 4.57 Å². The fourth-order valence-electron chi connectivity index (χ4n) is 3.20. The van der Waals surface area contributed by atoms with E-state index in [0.717, 1.165) is 13.0 Å². The molecule has 0 bridgehead atoms. The normalized spacial score (nSPS) is 12.8. The molecule has 2 heterocycles. The van der Waals surface area contributed by atoms with Crippen molar-refractivity contribution in [2.45, 2.75) is 26.3 Å². The highest BCUT2D eigenvalue weighted by Gasteiger charge is 2.29. The minimum Gasteiger partial charge on any atom is -0.233 e. The van der Waals surface area contributed by atoms with Crippen LogP contribution >= 0.6 is 17.0 Å². The molecule has 1 aromatic heterocycles. The number of rotatable bonds is 2. The van der Waals surface area contributed by atoms with Crippen LogP contribution in [0, 0.1) is 6.92 Å². The number of aromatic nitrogens is 2. The van der Waals surface area contributed by atoms with Gasteiger partial charge < -0.3 is 0 Å². The Bertz CT molecular complexity index is 773. The van der Waals surface area contributed by atoms with Crippen LogP contribution in [0.3, 0.4) is 0 Å². The first-order valence-corrected chi connectivity index (χ1v) is 7.59. The second-order valence-electron chi connectivity index (χ2n) is 5.76.